The lowest BCUT2D eigenvalue weighted by Crippen LogP contribution is -3.00. The van der Waals surface area contributed by atoms with Gasteiger partial charge in [-0.05, 0) is 12.1 Å². The highest BCUT2D eigenvalue weighted by molar-refractivity contribution is 5.92. The Bertz CT molecular complexity index is 727. The van der Waals surface area contributed by atoms with Gasteiger partial charge in [0, 0.05) is 18.2 Å². The van der Waals surface area contributed by atoms with Crippen molar-refractivity contribution in [3.63, 3.8) is 0 Å². The van der Waals surface area contributed by atoms with Gasteiger partial charge in [0.25, 0.3) is 0 Å². The lowest BCUT2D eigenvalue weighted by atomic mass is 10.2. The number of aromatic nitrogens is 1. The van der Waals surface area contributed by atoms with Gasteiger partial charge >= 0.3 is 12.0 Å². The van der Waals surface area contributed by atoms with E-state index in [1.54, 1.807) is 29.1 Å². The number of benzene rings is 1. The molecular formula is C16H18ClN3O5. The summed E-state index contributed by atoms with van der Waals surface area (Å²) in [5, 5.41) is 13.1. The number of hydroxylamine groups is 1. The fourth-order valence-electron chi connectivity index (χ4n) is 1.98. The second-order valence-electron chi connectivity index (χ2n) is 4.75. The van der Waals surface area contributed by atoms with E-state index in [1.165, 1.54) is 32.4 Å². The smallest absolute Gasteiger partial charge is 0.411 e. The third kappa shape index (κ3) is 5.33. The van der Waals surface area contributed by atoms with Crippen molar-refractivity contribution in [2.45, 2.75) is 6.54 Å². The van der Waals surface area contributed by atoms with E-state index in [4.69, 9.17) is 4.74 Å². The number of nitrogens with one attached hydrogen (secondary N) is 1. The van der Waals surface area contributed by atoms with Gasteiger partial charge in [-0.2, -0.15) is 9.63 Å². The summed E-state index contributed by atoms with van der Waals surface area (Å²) in [6, 6.07) is 9.80. The van der Waals surface area contributed by atoms with Crippen LogP contribution >= 0.6 is 0 Å². The van der Waals surface area contributed by atoms with E-state index in [2.05, 4.69) is 10.1 Å². The Kier molecular flexibility index (Phi) is 7.64. The third-order valence-corrected chi connectivity index (χ3v) is 3.18. The molecule has 0 aliphatic rings. The highest BCUT2D eigenvalue weighted by atomic mass is 35.5. The fourth-order valence-corrected chi connectivity index (χ4v) is 1.98. The second-order valence-corrected chi connectivity index (χ2v) is 4.75. The molecule has 0 bridgehead atoms. The third-order valence-electron chi connectivity index (χ3n) is 3.18. The molecule has 1 heterocycles. The Morgan fingerprint density at radius 2 is 1.88 bits per heavy atom. The molecule has 2 N–H and O–H groups in total. The summed E-state index contributed by atoms with van der Waals surface area (Å²) < 4.78 is 11.3. The lowest BCUT2D eigenvalue weighted by molar-refractivity contribution is -0.684. The molecule has 0 aliphatic carbocycles. The summed E-state index contributed by atoms with van der Waals surface area (Å²) in [4.78, 5) is 23.4. The molecule has 25 heavy (non-hydrogen) atoms. The van der Waals surface area contributed by atoms with Crippen LogP contribution in [-0.4, -0.2) is 31.4 Å². The van der Waals surface area contributed by atoms with Crippen LogP contribution < -0.4 is 32.1 Å². The van der Waals surface area contributed by atoms with Crippen LogP contribution in [0.4, 0.5) is 16.2 Å². The zero-order valence-corrected chi connectivity index (χ0v) is 14.4. The minimum atomic E-state index is -0.654. The number of rotatable bonds is 5. The molecule has 0 aliphatic heterocycles. The van der Waals surface area contributed by atoms with E-state index in [9.17, 15) is 14.8 Å². The van der Waals surface area contributed by atoms with Gasteiger partial charge in [-0.1, -0.05) is 6.07 Å². The molecule has 0 radical (unpaired) electrons. The van der Waals surface area contributed by atoms with Crippen LogP contribution in [0.5, 0.6) is 5.75 Å². The molecule has 0 atom stereocenters. The molecule has 1 aromatic carbocycles. The minimum absolute atomic E-state index is 0. The van der Waals surface area contributed by atoms with E-state index < -0.39 is 12.0 Å². The fraction of sp³-hybridized carbons (Fsp3) is 0.188. The molecule has 0 unspecified atom stereocenters. The molecule has 2 aromatic rings. The van der Waals surface area contributed by atoms with Crippen LogP contribution in [0.1, 0.15) is 0 Å². The monoisotopic (exact) mass is 367 g/mol. The highest BCUT2D eigenvalue weighted by Crippen LogP contribution is 2.29. The number of amides is 2. The van der Waals surface area contributed by atoms with Gasteiger partial charge in [0.05, 0.1) is 25.6 Å². The van der Waals surface area contributed by atoms with Gasteiger partial charge < -0.3 is 21.9 Å². The van der Waals surface area contributed by atoms with Gasteiger partial charge in [-0.3, -0.25) is 15.3 Å². The molecule has 8 nitrogen and oxygen atoms in total. The molecule has 134 valence electrons. The second kappa shape index (κ2) is 9.45. The largest absolute Gasteiger partial charge is 1.00 e. The van der Waals surface area contributed by atoms with Crippen LogP contribution in [0.3, 0.4) is 0 Å². The Balaban J connectivity index is 0.00000312. The molecule has 0 spiro atoms. The Labute approximate surface area is 151 Å². The summed E-state index contributed by atoms with van der Waals surface area (Å²) in [6.45, 7) is -0.0260. The number of halogens is 1. The molecule has 2 amide bonds. The first-order valence-corrected chi connectivity index (χ1v) is 7.04. The van der Waals surface area contributed by atoms with Crippen LogP contribution in [0.25, 0.3) is 0 Å². The summed E-state index contributed by atoms with van der Waals surface area (Å²) >= 11 is 0. The van der Waals surface area contributed by atoms with Crippen molar-refractivity contribution < 1.29 is 41.2 Å². The van der Waals surface area contributed by atoms with Gasteiger partial charge in [0.1, 0.15) is 5.75 Å². The molecule has 0 saturated carbocycles. The zero-order valence-electron chi connectivity index (χ0n) is 13.7. The summed E-state index contributed by atoms with van der Waals surface area (Å²) in [5.41, 5.74) is 0.565. The van der Waals surface area contributed by atoms with Gasteiger partial charge in [-0.15, -0.1) is 0 Å². The normalized spacial score (nSPS) is 9.56. The van der Waals surface area contributed by atoms with E-state index in [0.29, 0.717) is 10.8 Å². The topological polar surface area (TPSA) is 92.0 Å². The van der Waals surface area contributed by atoms with Crippen molar-refractivity contribution in [2.24, 2.45) is 0 Å². The van der Waals surface area contributed by atoms with Gasteiger partial charge in [0.2, 0.25) is 6.54 Å². The maximum atomic E-state index is 12.1. The van der Waals surface area contributed by atoms with Crippen molar-refractivity contribution in [2.75, 3.05) is 24.6 Å². The number of hydrogen-bond donors (Lipinski definition) is 2. The first-order chi connectivity index (χ1) is 11.5. The zero-order chi connectivity index (χ0) is 17.5. The van der Waals surface area contributed by atoms with Crippen molar-refractivity contribution in [1.29, 1.82) is 0 Å². The number of carbonyl (C=O) groups is 2. The number of carbonyl (C=O) groups excluding carboxylic acids is 2. The van der Waals surface area contributed by atoms with Crippen molar-refractivity contribution >= 4 is 23.4 Å². The van der Waals surface area contributed by atoms with E-state index in [1.807, 2.05) is 6.07 Å². The average molecular weight is 368 g/mol. The molecule has 1 aromatic heterocycles. The number of hydrogen-bond acceptors (Lipinski definition) is 5. The summed E-state index contributed by atoms with van der Waals surface area (Å²) in [7, 11) is 2.65. The maximum Gasteiger partial charge on any atom is 0.411 e. The number of ether oxygens (including phenoxy) is 2. The van der Waals surface area contributed by atoms with Crippen LogP contribution in [-0.2, 0) is 16.1 Å². The average Bonchev–Trinajstić information content (AvgIpc) is 2.62. The molecule has 0 saturated heterocycles. The standard InChI is InChI=1S/C16H17N3O5.ClH/c1-23-14-10-12(6-7-13(14)17-16(21)24-2)19(22)15(20)11-18-8-4-3-5-9-18;/h3-10,22H,11H2,1-2H3;1H. The summed E-state index contributed by atoms with van der Waals surface area (Å²) in [5.74, 6) is -0.251. The van der Waals surface area contributed by atoms with E-state index in [0.717, 1.165) is 0 Å². The molecular weight excluding hydrogens is 350 g/mol. The van der Waals surface area contributed by atoms with E-state index in [-0.39, 0.29) is 30.4 Å². The first-order valence-electron chi connectivity index (χ1n) is 7.04. The van der Waals surface area contributed by atoms with Crippen molar-refractivity contribution in [1.82, 2.24) is 0 Å². The molecule has 2 rings (SSSR count). The predicted octanol–water partition coefficient (Wildman–Crippen LogP) is -1.41. The summed E-state index contributed by atoms with van der Waals surface area (Å²) in [6.07, 6.45) is 2.78. The van der Waals surface area contributed by atoms with Crippen LogP contribution in [0.2, 0.25) is 0 Å². The van der Waals surface area contributed by atoms with Crippen LogP contribution in [0.15, 0.2) is 48.8 Å². The number of nitrogens with zero attached hydrogens (tertiary/aromatic N) is 2. The molecule has 9 heteroatoms. The van der Waals surface area contributed by atoms with Crippen molar-refractivity contribution in [3.8, 4) is 5.75 Å². The Hall–Kier alpha value is -2.84. The van der Waals surface area contributed by atoms with Gasteiger partial charge in [-0.25, -0.2) is 4.79 Å². The van der Waals surface area contributed by atoms with E-state index >= 15 is 0 Å². The highest BCUT2D eigenvalue weighted by Gasteiger charge is 2.19. The van der Waals surface area contributed by atoms with Gasteiger partial charge in [0.15, 0.2) is 12.4 Å². The SMILES string of the molecule is COC(=O)Nc1ccc(N(O)C(=O)C[n+]2ccccc2)cc1OC.[Cl-]. The minimum Gasteiger partial charge on any atom is -1.00 e. The predicted molar refractivity (Wildman–Crippen MR) is 84.9 cm³/mol. The quantitative estimate of drug-likeness (QED) is 0.385. The number of anilines is 2. The first kappa shape index (κ1) is 20.2. The van der Waals surface area contributed by atoms with Crippen molar-refractivity contribution in [3.05, 3.63) is 48.8 Å². The Morgan fingerprint density at radius 1 is 1.20 bits per heavy atom. The van der Waals surface area contributed by atoms with Crippen LogP contribution in [0, 0.1) is 0 Å². The maximum absolute atomic E-state index is 12.1. The Morgan fingerprint density at radius 3 is 2.48 bits per heavy atom. The number of pyridine rings is 1. The number of methoxy groups -OCH3 is 2. The molecule has 0 fully saturated rings. The lowest BCUT2D eigenvalue weighted by Gasteiger charge is -2.16.